The highest BCUT2D eigenvalue weighted by Crippen LogP contribution is 2.44. The molecule has 2 aliphatic heterocycles. The summed E-state index contributed by atoms with van der Waals surface area (Å²) < 4.78 is 13.9. The second-order valence-electron chi connectivity index (χ2n) is 8.16. The van der Waals surface area contributed by atoms with Gasteiger partial charge in [-0.3, -0.25) is 4.79 Å². The molecule has 2 atom stereocenters. The molecule has 2 aromatic rings. The fraction of sp³-hybridized carbons (Fsp3) is 0.476. The van der Waals surface area contributed by atoms with Gasteiger partial charge in [-0.25, -0.2) is 14.4 Å². The van der Waals surface area contributed by atoms with E-state index in [4.69, 9.17) is 0 Å². The topological polar surface area (TPSA) is 49.3 Å². The molecule has 1 aromatic heterocycles. The van der Waals surface area contributed by atoms with Gasteiger partial charge in [-0.15, -0.1) is 0 Å². The minimum Gasteiger partial charge on any atom is -0.361 e. The van der Waals surface area contributed by atoms with Gasteiger partial charge in [0.15, 0.2) is 0 Å². The van der Waals surface area contributed by atoms with Crippen molar-refractivity contribution in [2.75, 3.05) is 11.4 Å². The van der Waals surface area contributed by atoms with Crippen LogP contribution in [0.3, 0.4) is 0 Å². The lowest BCUT2D eigenvalue weighted by molar-refractivity contribution is 0.0604. The first kappa shape index (κ1) is 17.9. The number of anilines is 1. The van der Waals surface area contributed by atoms with Crippen LogP contribution in [0.15, 0.2) is 36.7 Å². The molecule has 3 heterocycles. The number of aryl methyl sites for hydroxylation is 1. The molecule has 0 unspecified atom stereocenters. The average molecular weight is 368 g/mol. The Labute approximate surface area is 159 Å². The number of likely N-dealkylation sites (tertiary alicyclic amines) is 1. The zero-order valence-corrected chi connectivity index (χ0v) is 16.0. The van der Waals surface area contributed by atoms with E-state index in [1.807, 2.05) is 17.9 Å². The number of hydrogen-bond donors (Lipinski definition) is 0. The first-order chi connectivity index (χ1) is 12.9. The lowest BCUT2D eigenvalue weighted by atomic mass is 9.93. The summed E-state index contributed by atoms with van der Waals surface area (Å²) >= 11 is 0. The van der Waals surface area contributed by atoms with Crippen LogP contribution in [0.25, 0.3) is 0 Å². The molecule has 4 rings (SSSR count). The number of rotatable bonds is 2. The largest absolute Gasteiger partial charge is 0.361 e. The molecule has 2 aliphatic rings. The monoisotopic (exact) mass is 368 g/mol. The second-order valence-corrected chi connectivity index (χ2v) is 8.16. The summed E-state index contributed by atoms with van der Waals surface area (Å²) in [6.07, 6.45) is 6.00. The van der Waals surface area contributed by atoms with Crippen molar-refractivity contribution < 1.29 is 9.18 Å². The number of fused-ring (bicyclic) bond motifs is 1. The van der Waals surface area contributed by atoms with Crippen LogP contribution in [-0.4, -0.2) is 44.9 Å². The van der Waals surface area contributed by atoms with E-state index < -0.39 is 0 Å². The highest BCUT2D eigenvalue weighted by molar-refractivity contribution is 5.94. The fourth-order valence-electron chi connectivity index (χ4n) is 4.73. The number of carbonyl (C=O) groups excluding carboxylic acids is 1. The molecule has 142 valence electrons. The van der Waals surface area contributed by atoms with Gasteiger partial charge >= 0.3 is 0 Å². The van der Waals surface area contributed by atoms with Crippen LogP contribution in [0.2, 0.25) is 0 Å². The normalized spacial score (nSPS) is 24.0. The maximum Gasteiger partial charge on any atom is 0.257 e. The van der Waals surface area contributed by atoms with Crippen LogP contribution in [0.1, 0.15) is 49.3 Å². The van der Waals surface area contributed by atoms with Gasteiger partial charge in [0.1, 0.15) is 11.6 Å². The SMILES string of the molecule is Cc1ncc(C(=O)N2CCC[C@H]3[C@@H]2CC(C)(C)N3c2cccc(F)c2)cn1. The van der Waals surface area contributed by atoms with Crippen molar-refractivity contribution >= 4 is 11.6 Å². The summed E-state index contributed by atoms with van der Waals surface area (Å²) in [5, 5.41) is 0. The average Bonchev–Trinajstić information content (AvgIpc) is 2.91. The van der Waals surface area contributed by atoms with Gasteiger partial charge < -0.3 is 9.80 Å². The van der Waals surface area contributed by atoms with Gasteiger partial charge in [0.25, 0.3) is 5.91 Å². The van der Waals surface area contributed by atoms with E-state index in [-0.39, 0.29) is 29.3 Å². The summed E-state index contributed by atoms with van der Waals surface area (Å²) in [6, 6.07) is 7.07. The maximum atomic E-state index is 13.9. The molecular formula is C21H25FN4O. The minimum atomic E-state index is -0.229. The summed E-state index contributed by atoms with van der Waals surface area (Å²) in [5.74, 6) is 0.413. The van der Waals surface area contributed by atoms with E-state index in [1.165, 1.54) is 6.07 Å². The standard InChI is InChI=1S/C21H25FN4O/c1-14-23-12-15(13-24-14)20(27)25-9-5-8-18-19(25)11-21(2,3)26(18)17-7-4-6-16(22)10-17/h4,6-7,10,12-13,18-19H,5,8-9,11H2,1-3H3/t18-,19-/m0/s1. The third-order valence-electron chi connectivity index (χ3n) is 5.81. The highest BCUT2D eigenvalue weighted by Gasteiger charge is 2.50. The highest BCUT2D eigenvalue weighted by atomic mass is 19.1. The lowest BCUT2D eigenvalue weighted by Gasteiger charge is -2.42. The van der Waals surface area contributed by atoms with E-state index in [0.717, 1.165) is 31.5 Å². The van der Waals surface area contributed by atoms with E-state index in [0.29, 0.717) is 11.4 Å². The summed E-state index contributed by atoms with van der Waals surface area (Å²) in [4.78, 5) is 25.8. The van der Waals surface area contributed by atoms with Gasteiger partial charge in [-0.05, 0) is 58.2 Å². The predicted octanol–water partition coefficient (Wildman–Crippen LogP) is 3.59. The number of nitrogens with zero attached hydrogens (tertiary/aromatic N) is 4. The molecule has 0 N–H and O–H groups in total. The molecule has 27 heavy (non-hydrogen) atoms. The minimum absolute atomic E-state index is 0.0124. The summed E-state index contributed by atoms with van der Waals surface area (Å²) in [6.45, 7) is 6.89. The first-order valence-corrected chi connectivity index (χ1v) is 9.51. The van der Waals surface area contributed by atoms with Gasteiger partial charge in [-0.1, -0.05) is 6.07 Å². The summed E-state index contributed by atoms with van der Waals surface area (Å²) in [7, 11) is 0. The number of hydrogen-bond acceptors (Lipinski definition) is 4. The molecule has 0 saturated carbocycles. The number of carbonyl (C=O) groups is 1. The van der Waals surface area contributed by atoms with Crippen molar-refractivity contribution in [3.05, 3.63) is 53.9 Å². The molecule has 1 amide bonds. The molecule has 0 spiro atoms. The zero-order chi connectivity index (χ0) is 19.2. The van der Waals surface area contributed by atoms with Gasteiger partial charge in [0.2, 0.25) is 0 Å². The van der Waals surface area contributed by atoms with Gasteiger partial charge in [0, 0.05) is 30.2 Å². The van der Waals surface area contributed by atoms with Crippen molar-refractivity contribution in [1.82, 2.24) is 14.9 Å². The van der Waals surface area contributed by atoms with Crippen molar-refractivity contribution in [1.29, 1.82) is 0 Å². The lowest BCUT2D eigenvalue weighted by Crippen LogP contribution is -2.53. The number of benzene rings is 1. The molecule has 5 nitrogen and oxygen atoms in total. The Morgan fingerprint density at radius 2 is 1.96 bits per heavy atom. The van der Waals surface area contributed by atoms with Crippen LogP contribution in [0, 0.1) is 12.7 Å². The first-order valence-electron chi connectivity index (χ1n) is 9.51. The van der Waals surface area contributed by atoms with Crippen molar-refractivity contribution in [2.24, 2.45) is 0 Å². The molecular weight excluding hydrogens is 343 g/mol. The molecule has 2 fully saturated rings. The van der Waals surface area contributed by atoms with Crippen LogP contribution in [-0.2, 0) is 0 Å². The third kappa shape index (κ3) is 3.17. The molecule has 0 bridgehead atoms. The molecule has 0 aliphatic carbocycles. The van der Waals surface area contributed by atoms with Gasteiger partial charge in [0.05, 0.1) is 17.6 Å². The molecule has 0 radical (unpaired) electrons. The number of halogens is 1. The number of aromatic nitrogens is 2. The number of piperidine rings is 1. The molecule has 1 aromatic carbocycles. The predicted molar refractivity (Wildman–Crippen MR) is 102 cm³/mol. The van der Waals surface area contributed by atoms with E-state index in [9.17, 15) is 9.18 Å². The number of amides is 1. The van der Waals surface area contributed by atoms with Crippen LogP contribution >= 0.6 is 0 Å². The second kappa shape index (κ2) is 6.59. The molecule has 2 saturated heterocycles. The Kier molecular flexibility index (Phi) is 4.36. The van der Waals surface area contributed by atoms with Crippen LogP contribution in [0.4, 0.5) is 10.1 Å². The Balaban J connectivity index is 1.66. The zero-order valence-electron chi connectivity index (χ0n) is 16.0. The van der Waals surface area contributed by atoms with Gasteiger partial charge in [-0.2, -0.15) is 0 Å². The Morgan fingerprint density at radius 3 is 2.67 bits per heavy atom. The van der Waals surface area contributed by atoms with E-state index >= 15 is 0 Å². The Morgan fingerprint density at radius 1 is 1.22 bits per heavy atom. The Bertz CT molecular complexity index is 852. The smallest absolute Gasteiger partial charge is 0.257 e. The maximum absolute atomic E-state index is 13.9. The van der Waals surface area contributed by atoms with Crippen LogP contribution in [0.5, 0.6) is 0 Å². The van der Waals surface area contributed by atoms with Crippen molar-refractivity contribution in [3.8, 4) is 0 Å². The van der Waals surface area contributed by atoms with E-state index in [2.05, 4.69) is 28.7 Å². The molecule has 6 heteroatoms. The van der Waals surface area contributed by atoms with Crippen LogP contribution < -0.4 is 4.90 Å². The Hall–Kier alpha value is -2.50. The van der Waals surface area contributed by atoms with E-state index in [1.54, 1.807) is 24.5 Å². The fourth-order valence-corrected chi connectivity index (χ4v) is 4.73. The van der Waals surface area contributed by atoms with Crippen molar-refractivity contribution in [3.63, 3.8) is 0 Å². The third-order valence-corrected chi connectivity index (χ3v) is 5.81. The summed E-state index contributed by atoms with van der Waals surface area (Å²) in [5.41, 5.74) is 1.26. The quantitative estimate of drug-likeness (QED) is 0.813. The van der Waals surface area contributed by atoms with Crippen molar-refractivity contribution in [2.45, 2.75) is 57.7 Å².